The number of amides is 5. The third-order valence-electron chi connectivity index (χ3n) is 1.99. The first kappa shape index (κ1) is 99.2. The maximum Gasteiger partial charge on any atom is 0.237 e. The minimum absolute atomic E-state index is 0. The molecular weight excluding hydrogens is 1830 g/mol. The maximum atomic E-state index is 10.6. The van der Waals surface area contributed by atoms with Gasteiger partial charge in [-0.25, -0.2) is 0 Å². The number of rotatable bonds is 8. The van der Waals surface area contributed by atoms with Crippen LogP contribution in [0.25, 0.3) is 0 Å². The summed E-state index contributed by atoms with van der Waals surface area (Å²) in [5.41, 5.74) is 9.56. The van der Waals surface area contributed by atoms with Crippen LogP contribution in [-0.4, -0.2) is 72.7 Å². The second-order valence-corrected chi connectivity index (χ2v) is 5.62. The monoisotopic (exact) mass is 1870 g/mol. The van der Waals surface area contributed by atoms with Crippen LogP contribution < -0.4 is 38.1 Å². The summed E-state index contributed by atoms with van der Waals surface area (Å²) in [6.45, 7) is 15.4. The first-order valence-corrected chi connectivity index (χ1v) is 15.3. The number of nitrogens with two attached hydrogens (primary N) is 2. The fourth-order valence-electron chi connectivity index (χ4n) is 0.848. The summed E-state index contributed by atoms with van der Waals surface area (Å²) in [6.07, 6.45) is 0. The third-order valence-corrected chi connectivity index (χ3v) is 2.42. The predicted molar refractivity (Wildman–Crippen MR) is 199 cm³/mol. The van der Waals surface area contributed by atoms with Crippen molar-refractivity contribution in [2.75, 3.05) is 43.1 Å². The predicted octanol–water partition coefficient (Wildman–Crippen LogP) is -1.71. The van der Waals surface area contributed by atoms with Gasteiger partial charge < -0.3 is 173 Å². The fraction of sp³-hybridized carbons (Fsp3) is 0.474. The van der Waals surface area contributed by atoms with Crippen molar-refractivity contribution in [3.63, 3.8) is 0 Å². The third kappa shape index (κ3) is 155. The van der Waals surface area contributed by atoms with Crippen LogP contribution in [0.15, 0.2) is 0 Å². The average molecular weight is 1870 g/mol. The molecule has 0 rings (SSSR count). The molecule has 45 heavy (non-hydrogen) atoms. The number of carbonyl (C=O) groups excluding carboxylic acids is 5. The van der Waals surface area contributed by atoms with Gasteiger partial charge in [-0.3, -0.25) is 24.0 Å². The molecule has 0 fully saturated rings. The van der Waals surface area contributed by atoms with Crippen molar-refractivity contribution < 1.29 is 244 Å². The van der Waals surface area contributed by atoms with Gasteiger partial charge >= 0.3 is 0 Å². The van der Waals surface area contributed by atoms with E-state index in [-0.39, 0.29) is 308 Å². The van der Waals surface area contributed by atoms with Gasteiger partial charge in [0.1, 0.15) is 0 Å². The van der Waals surface area contributed by atoms with Crippen molar-refractivity contribution >= 4 is 131 Å². The first-order chi connectivity index (χ1) is 18.1. The molecular formula is C19H49Ac5N7O5P4S5-10. The molecule has 0 aromatic carbocycles. The van der Waals surface area contributed by atoms with E-state index in [0.29, 0.717) is 5.88 Å². The first-order valence-electron chi connectivity index (χ1n) is 9.70. The summed E-state index contributed by atoms with van der Waals surface area (Å²) in [4.78, 5) is 51.7. The van der Waals surface area contributed by atoms with E-state index in [4.69, 9.17) is 5.73 Å². The zero-order chi connectivity index (χ0) is 32.4. The number of hydrogen-bond acceptors (Lipinski definition) is 12. The SMILES string of the molecule is CC(=O)NCC(=O)NC[S-].CC(=O)NCC(=O)NC[S-].NCC(=O)NC[S-].NC[S-].[Ac].[Ac].[Ac].[Ac].[Ac].[CH2-]P.[CH2-]P.[CH2-]P.[CH2-]P.[CH3-].[SH-]. The van der Waals surface area contributed by atoms with E-state index in [0.717, 1.165) is 0 Å². The fourth-order valence-corrected chi connectivity index (χ4v) is 1.33. The smallest absolute Gasteiger partial charge is 0.237 e. The van der Waals surface area contributed by atoms with Crippen molar-refractivity contribution in [3.05, 3.63) is 34.1 Å². The summed E-state index contributed by atoms with van der Waals surface area (Å²) >= 11 is 17.5. The van der Waals surface area contributed by atoms with Crippen LogP contribution in [0.5, 0.6) is 0 Å². The van der Waals surface area contributed by atoms with Gasteiger partial charge in [-0.2, -0.15) is 0 Å². The van der Waals surface area contributed by atoms with Crippen LogP contribution in [0.1, 0.15) is 13.8 Å². The summed E-state index contributed by atoms with van der Waals surface area (Å²) in [5.74, 6) is -0.225. The Kier molecular flexibility index (Phi) is 243. The van der Waals surface area contributed by atoms with Crippen molar-refractivity contribution in [2.45, 2.75) is 13.8 Å². The van der Waals surface area contributed by atoms with Gasteiger partial charge in [0.25, 0.3) is 0 Å². The molecule has 4 atom stereocenters. The number of thiol groups is 1. The molecule has 0 aliphatic carbocycles. The molecule has 0 aliphatic rings. The van der Waals surface area contributed by atoms with E-state index in [1.165, 1.54) is 13.8 Å². The van der Waals surface area contributed by atoms with Crippen molar-refractivity contribution in [1.82, 2.24) is 26.6 Å². The Balaban J connectivity index is -0.0000000188. The van der Waals surface area contributed by atoms with Crippen LogP contribution in [-0.2, 0) is 88.0 Å². The zero-order valence-corrected chi connectivity index (χ0v) is 58.8. The van der Waals surface area contributed by atoms with Gasteiger partial charge in [-0.05, 0) is 0 Å². The molecule has 0 saturated heterocycles. The molecule has 5 amide bonds. The van der Waals surface area contributed by atoms with Crippen LogP contribution in [0, 0.1) is 254 Å². The molecule has 0 aromatic heterocycles. The summed E-state index contributed by atoms with van der Waals surface area (Å²) in [5, 5.41) is 11.7. The van der Waals surface area contributed by atoms with E-state index in [1.807, 2.05) is 0 Å². The Hall–Kier alpha value is 7.95. The summed E-state index contributed by atoms with van der Waals surface area (Å²) in [6, 6.07) is 0. The molecule has 0 spiro atoms. The largest absolute Gasteiger partial charge is 0.813 e. The molecule has 9 N–H and O–H groups in total. The van der Waals surface area contributed by atoms with E-state index >= 15 is 0 Å². The van der Waals surface area contributed by atoms with Gasteiger partial charge in [-0.15, -0.1) is 23.5 Å². The Labute approximate surface area is 492 Å². The maximum absolute atomic E-state index is 10.6. The summed E-state index contributed by atoms with van der Waals surface area (Å²) in [7, 11) is 8.67. The Morgan fingerprint density at radius 1 is 0.533 bits per heavy atom. The zero-order valence-electron chi connectivity index (χ0n) is 26.3. The summed E-state index contributed by atoms with van der Waals surface area (Å²) < 4.78 is 0. The Morgan fingerprint density at radius 2 is 0.711 bits per heavy atom. The Bertz CT molecular complexity index is 505. The van der Waals surface area contributed by atoms with Gasteiger partial charge in [0.05, 0.1) is 19.6 Å². The molecule has 0 heterocycles. The standard InChI is InChI=1S/2C5H10N2O2S.C3H8N2OS.CH5NS.4CH4P.CH3.5Ac.H2S/c2*1-4(8)6-2-5(9)7-3-10;4-1-3(6)5-2-7;2-1-3;4*1-2;;;;;;;/h2*10H,2-3H2,1H3,(H,6,8)(H,7,9);7H,1-2,4H2,(H,5,6);3H,1-2H2;4*1-2H2;1H3;;;;;;1H2/q;;;;5*-1;;;;;;/p-5. The topological polar surface area (TPSA) is 198 Å². The number of hydrogen-bond donors (Lipinski definition) is 7. The van der Waals surface area contributed by atoms with Crippen molar-refractivity contribution in [1.29, 1.82) is 0 Å². The number of carbonyl (C=O) groups is 5. The molecule has 5 radical (unpaired) electrons. The minimum atomic E-state index is -0.259. The molecule has 4 unspecified atom stereocenters. The quantitative estimate of drug-likeness (QED) is 0.0631. The molecule has 265 valence electrons. The Morgan fingerprint density at radius 3 is 0.822 bits per heavy atom. The van der Waals surface area contributed by atoms with Gasteiger partial charge in [-0.1, -0.05) is 0 Å². The minimum Gasteiger partial charge on any atom is -0.813 e. The number of nitrogens with one attached hydrogen (secondary N) is 5. The molecule has 0 bridgehead atoms. The van der Waals surface area contributed by atoms with Gasteiger partial charge in [0.15, 0.2) is 0 Å². The van der Waals surface area contributed by atoms with Crippen LogP contribution >= 0.6 is 37.0 Å². The molecule has 0 aliphatic heterocycles. The van der Waals surface area contributed by atoms with Crippen molar-refractivity contribution in [2.24, 2.45) is 11.5 Å². The molecule has 12 nitrogen and oxygen atoms in total. The second-order valence-electron chi connectivity index (χ2n) is 4.42. The van der Waals surface area contributed by atoms with Crippen LogP contribution in [0.2, 0.25) is 0 Å². The van der Waals surface area contributed by atoms with E-state index in [9.17, 15) is 24.0 Å². The van der Waals surface area contributed by atoms with E-state index < -0.39 is 0 Å². The molecule has 0 aromatic rings. The van der Waals surface area contributed by atoms with Gasteiger partial charge in [0, 0.05) is 234 Å². The average Bonchev–Trinajstić information content (AvgIpc) is 2.92. The molecule has 0 saturated carbocycles. The van der Waals surface area contributed by atoms with Crippen LogP contribution in [0.3, 0.4) is 0 Å². The normalized spacial score (nSPS) is 6.04. The van der Waals surface area contributed by atoms with Gasteiger partial charge in [0.2, 0.25) is 29.5 Å². The molecule has 26 heteroatoms. The van der Waals surface area contributed by atoms with E-state index in [2.05, 4.69) is 146 Å². The second kappa shape index (κ2) is 110. The van der Waals surface area contributed by atoms with Crippen molar-refractivity contribution in [3.8, 4) is 0 Å². The van der Waals surface area contributed by atoms with Crippen LogP contribution in [0.4, 0.5) is 0 Å². The van der Waals surface area contributed by atoms with E-state index in [1.54, 1.807) is 0 Å².